The Morgan fingerprint density at radius 1 is 1.71 bits per heavy atom. The normalized spacial score (nSPS) is 11.3. The molecule has 0 fully saturated rings. The Bertz CT molecular complexity index is 70.1. The summed E-state index contributed by atoms with van der Waals surface area (Å²) in [5, 5.41) is 0. The van der Waals surface area contributed by atoms with Gasteiger partial charge < -0.3 is 0 Å². The molecule has 0 heterocycles. The number of hydroxylamine groups is 3. The van der Waals surface area contributed by atoms with Gasteiger partial charge in [-0.15, -0.1) is 4.65 Å². The summed E-state index contributed by atoms with van der Waals surface area (Å²) in [5.74, 6) is 3.23. The minimum atomic E-state index is 0.292. The average Bonchev–Trinajstić information content (AvgIpc) is 1.68. The lowest BCUT2D eigenvalue weighted by Gasteiger charge is -2.12. The molecule has 0 bridgehead atoms. The molecule has 3 N–H and O–H groups in total. The number of hydrogen-bond acceptors (Lipinski definition) is 1. The zero-order chi connectivity index (χ0) is 5.91. The lowest BCUT2D eigenvalue weighted by molar-refractivity contribution is -1.18. The monoisotopic (exact) mass is 104 g/mol. The molecule has 0 aromatic heterocycles. The van der Waals surface area contributed by atoms with Gasteiger partial charge in [0, 0.05) is 0 Å². The van der Waals surface area contributed by atoms with E-state index in [0.29, 0.717) is 4.65 Å². The standard InChI is InChI=1S/C4H12N2O/c1-4-6(2,3)7-5/h4H,1H2,2-3,5H3/q+2. The first-order valence-electron chi connectivity index (χ1n) is 2.03. The minimum Gasteiger partial charge on any atom is -0.158 e. The van der Waals surface area contributed by atoms with Crippen LogP contribution < -0.4 is 5.90 Å². The third kappa shape index (κ3) is 2.33. The van der Waals surface area contributed by atoms with E-state index in [1.165, 1.54) is 0 Å². The van der Waals surface area contributed by atoms with Crippen molar-refractivity contribution in [2.75, 3.05) is 14.1 Å². The van der Waals surface area contributed by atoms with Crippen molar-refractivity contribution in [3.8, 4) is 0 Å². The molecule has 0 spiro atoms. The quantitative estimate of drug-likeness (QED) is 0.365. The van der Waals surface area contributed by atoms with Crippen LogP contribution in [0.5, 0.6) is 0 Å². The first-order valence-corrected chi connectivity index (χ1v) is 2.03. The van der Waals surface area contributed by atoms with Gasteiger partial charge in [0.05, 0.1) is 0 Å². The highest BCUT2D eigenvalue weighted by Crippen LogP contribution is 1.90. The molecule has 0 saturated heterocycles. The number of quaternary nitrogens is 2. The predicted molar refractivity (Wildman–Crippen MR) is 26.3 cm³/mol. The Morgan fingerprint density at radius 3 is 2.14 bits per heavy atom. The first-order chi connectivity index (χ1) is 3.12. The fourth-order valence-electron chi connectivity index (χ4n) is 0.0527. The summed E-state index contributed by atoms with van der Waals surface area (Å²) < 4.78 is 0.292. The largest absolute Gasteiger partial charge is 0.158 e. The molecule has 0 atom stereocenters. The van der Waals surface area contributed by atoms with Gasteiger partial charge in [-0.25, -0.2) is 0 Å². The first kappa shape index (κ1) is 6.62. The molecular weight excluding hydrogens is 92.1 g/mol. The van der Waals surface area contributed by atoms with Gasteiger partial charge in [-0.05, 0) is 11.5 Å². The summed E-state index contributed by atoms with van der Waals surface area (Å²) in [5.41, 5.74) is 0. The van der Waals surface area contributed by atoms with Crippen LogP contribution >= 0.6 is 0 Å². The molecule has 0 aliphatic heterocycles. The maximum atomic E-state index is 4.66. The molecule has 42 valence electrons. The van der Waals surface area contributed by atoms with Crippen LogP contribution in [0.15, 0.2) is 12.8 Å². The van der Waals surface area contributed by atoms with Gasteiger partial charge in [-0.3, -0.25) is 0 Å². The highest BCUT2D eigenvalue weighted by atomic mass is 16.8. The molecule has 0 saturated carbocycles. The molecule has 0 radical (unpaired) electrons. The van der Waals surface area contributed by atoms with Crippen molar-refractivity contribution in [1.29, 1.82) is 0 Å². The van der Waals surface area contributed by atoms with Crippen molar-refractivity contribution >= 4 is 0 Å². The molecule has 0 aromatic rings. The van der Waals surface area contributed by atoms with E-state index in [1.54, 1.807) is 6.20 Å². The van der Waals surface area contributed by atoms with Crippen LogP contribution in [0.4, 0.5) is 0 Å². The van der Waals surface area contributed by atoms with Crippen molar-refractivity contribution in [2.45, 2.75) is 0 Å². The molecule has 3 heteroatoms. The smallest absolute Gasteiger partial charge is 0.126 e. The van der Waals surface area contributed by atoms with E-state index in [1.807, 2.05) is 14.1 Å². The van der Waals surface area contributed by atoms with Crippen LogP contribution in [-0.2, 0) is 4.94 Å². The lowest BCUT2D eigenvalue weighted by Crippen LogP contribution is -2.59. The fourth-order valence-corrected chi connectivity index (χ4v) is 0.0527. The number of nitrogens with zero attached hydrogens (tertiary/aromatic N) is 1. The zero-order valence-electron chi connectivity index (χ0n) is 4.85. The summed E-state index contributed by atoms with van der Waals surface area (Å²) in [6.45, 7) is 3.51. The van der Waals surface area contributed by atoms with E-state index in [2.05, 4.69) is 17.4 Å². The molecule has 7 heavy (non-hydrogen) atoms. The van der Waals surface area contributed by atoms with Gasteiger partial charge in [-0.1, -0.05) is 0 Å². The Hall–Kier alpha value is -0.380. The molecule has 0 rings (SSSR count). The molecule has 0 aliphatic carbocycles. The van der Waals surface area contributed by atoms with E-state index < -0.39 is 0 Å². The highest BCUT2D eigenvalue weighted by Gasteiger charge is 2.09. The summed E-state index contributed by atoms with van der Waals surface area (Å²) in [7, 11) is 3.67. The van der Waals surface area contributed by atoms with Crippen LogP contribution in [0.3, 0.4) is 0 Å². The van der Waals surface area contributed by atoms with E-state index in [0.717, 1.165) is 0 Å². The van der Waals surface area contributed by atoms with Gasteiger partial charge in [0.25, 0.3) is 0 Å². The van der Waals surface area contributed by atoms with Crippen molar-refractivity contribution in [3.05, 3.63) is 12.8 Å². The Balaban J connectivity index is 3.58. The van der Waals surface area contributed by atoms with Crippen molar-refractivity contribution in [2.24, 2.45) is 0 Å². The second-order valence-corrected chi connectivity index (χ2v) is 1.75. The van der Waals surface area contributed by atoms with Crippen LogP contribution in [0, 0.1) is 0 Å². The van der Waals surface area contributed by atoms with Gasteiger partial charge in [0.1, 0.15) is 20.3 Å². The van der Waals surface area contributed by atoms with Gasteiger partial charge in [0.15, 0.2) is 0 Å². The molecule has 0 aromatic carbocycles. The molecule has 0 aliphatic rings. The summed E-state index contributed by atoms with van der Waals surface area (Å²) in [4.78, 5) is 4.66. The van der Waals surface area contributed by atoms with Crippen LogP contribution in [0.2, 0.25) is 0 Å². The molecule has 0 unspecified atom stereocenters. The van der Waals surface area contributed by atoms with E-state index in [4.69, 9.17) is 0 Å². The van der Waals surface area contributed by atoms with E-state index in [-0.39, 0.29) is 0 Å². The second kappa shape index (κ2) is 2.07. The minimum absolute atomic E-state index is 0.292. The topological polar surface area (TPSA) is 36.9 Å². The molecular formula is C4H12N2O+2. The maximum absolute atomic E-state index is 4.66. The highest BCUT2D eigenvalue weighted by molar-refractivity contribution is 4.43. The SMILES string of the molecule is C=C[N+](C)(C)O[NH3+]. The third-order valence-corrected chi connectivity index (χ3v) is 0.772. The Labute approximate surface area is 43.5 Å². The maximum Gasteiger partial charge on any atom is 0.126 e. The van der Waals surface area contributed by atoms with Crippen molar-refractivity contribution in [3.63, 3.8) is 0 Å². The number of rotatable bonds is 2. The van der Waals surface area contributed by atoms with Crippen LogP contribution in [0.25, 0.3) is 0 Å². The fraction of sp³-hybridized carbons (Fsp3) is 0.500. The average molecular weight is 104 g/mol. The predicted octanol–water partition coefficient (Wildman–Crippen LogP) is -0.705. The third-order valence-electron chi connectivity index (χ3n) is 0.772. The molecule has 0 amide bonds. The van der Waals surface area contributed by atoms with E-state index >= 15 is 0 Å². The Kier molecular flexibility index (Phi) is 1.95. The van der Waals surface area contributed by atoms with Gasteiger partial charge >= 0.3 is 0 Å². The van der Waals surface area contributed by atoms with Crippen LogP contribution in [0.1, 0.15) is 0 Å². The van der Waals surface area contributed by atoms with Gasteiger partial charge in [-0.2, -0.15) is 5.90 Å². The van der Waals surface area contributed by atoms with Crippen molar-refractivity contribution in [1.82, 2.24) is 0 Å². The van der Waals surface area contributed by atoms with Crippen molar-refractivity contribution < 1.29 is 15.5 Å². The van der Waals surface area contributed by atoms with Crippen LogP contribution in [-0.4, -0.2) is 18.7 Å². The zero-order valence-corrected chi connectivity index (χ0v) is 4.85. The summed E-state index contributed by atoms with van der Waals surface area (Å²) in [6.07, 6.45) is 1.65. The second-order valence-electron chi connectivity index (χ2n) is 1.75. The molecule has 3 nitrogen and oxygen atoms in total. The van der Waals surface area contributed by atoms with E-state index in [9.17, 15) is 0 Å². The number of hydrogen-bond donors (Lipinski definition) is 1. The summed E-state index contributed by atoms with van der Waals surface area (Å²) in [6, 6.07) is 0. The van der Waals surface area contributed by atoms with Gasteiger partial charge in [0.2, 0.25) is 0 Å². The Morgan fingerprint density at radius 2 is 2.14 bits per heavy atom. The summed E-state index contributed by atoms with van der Waals surface area (Å²) >= 11 is 0. The lowest BCUT2D eigenvalue weighted by atomic mass is 10.8.